The van der Waals surface area contributed by atoms with Crippen LogP contribution in [0.4, 0.5) is 0 Å². The number of ether oxygens (including phenoxy) is 2. The fraction of sp³-hybridized carbons (Fsp3) is 0.333. The van der Waals surface area contributed by atoms with Gasteiger partial charge in [0.05, 0.1) is 18.7 Å². The van der Waals surface area contributed by atoms with E-state index in [9.17, 15) is 4.57 Å². The van der Waals surface area contributed by atoms with Crippen LogP contribution in [0.3, 0.4) is 0 Å². The van der Waals surface area contributed by atoms with E-state index in [0.717, 1.165) is 17.3 Å². The van der Waals surface area contributed by atoms with Crippen LogP contribution in [0.1, 0.15) is 6.42 Å². The van der Waals surface area contributed by atoms with Crippen molar-refractivity contribution >= 4 is 19.6 Å². The van der Waals surface area contributed by atoms with E-state index < -0.39 is 8.69 Å². The maximum absolute atomic E-state index is 10.7. The maximum atomic E-state index is 10.7. The highest BCUT2D eigenvalue weighted by molar-refractivity contribution is 7.17. The molecule has 1 aliphatic rings. The maximum Gasteiger partial charge on any atom is 0.395 e. The monoisotopic (exact) mass is 278 g/mol. The zero-order chi connectivity index (χ0) is 13.1. The lowest BCUT2D eigenvalue weighted by molar-refractivity contribution is 0.140. The Balaban J connectivity index is 1.98. The summed E-state index contributed by atoms with van der Waals surface area (Å²) in [6.45, 7) is 1.24. The van der Waals surface area contributed by atoms with Crippen LogP contribution in [0, 0.1) is 0 Å². The van der Waals surface area contributed by atoms with Gasteiger partial charge in [0.2, 0.25) is 0 Å². The minimum Gasteiger partial charge on any atom is -0.484 e. The van der Waals surface area contributed by atoms with Crippen molar-refractivity contribution < 1.29 is 18.6 Å². The molecule has 6 nitrogen and oxygen atoms in total. The lowest BCUT2D eigenvalue weighted by Gasteiger charge is -2.14. The van der Waals surface area contributed by atoms with Gasteiger partial charge in [0, 0.05) is 24.1 Å². The number of benzene rings is 1. The average molecular weight is 278 g/mol. The van der Waals surface area contributed by atoms with Gasteiger partial charge >= 0.3 is 8.69 Å². The number of hydrogen-bond acceptors (Lipinski definition) is 6. The molecule has 1 unspecified atom stereocenters. The molecule has 98 valence electrons. The van der Waals surface area contributed by atoms with Gasteiger partial charge in [0.25, 0.3) is 0 Å². The van der Waals surface area contributed by atoms with Gasteiger partial charge in [0.1, 0.15) is 12.4 Å². The second-order valence-corrected chi connectivity index (χ2v) is 4.48. The minimum atomic E-state index is -0.426. The Kier molecular flexibility index (Phi) is 3.53. The molecule has 1 aromatic heterocycles. The number of aromatic nitrogens is 2. The minimum absolute atomic E-state index is 0.00930. The molecular formula is C12H11N2O4P. The van der Waals surface area contributed by atoms with E-state index in [0.29, 0.717) is 24.7 Å². The van der Waals surface area contributed by atoms with Crippen LogP contribution in [-0.4, -0.2) is 29.3 Å². The number of rotatable bonds is 4. The van der Waals surface area contributed by atoms with E-state index in [1.807, 2.05) is 0 Å². The number of hydrogen-bond donors (Lipinski definition) is 0. The van der Waals surface area contributed by atoms with Gasteiger partial charge < -0.3 is 14.0 Å². The summed E-state index contributed by atoms with van der Waals surface area (Å²) < 4.78 is 26.8. The molecule has 1 atom stereocenters. The topological polar surface area (TPSA) is 70.5 Å². The van der Waals surface area contributed by atoms with Crippen molar-refractivity contribution in [3.8, 4) is 11.5 Å². The molecule has 0 aliphatic carbocycles. The van der Waals surface area contributed by atoms with Gasteiger partial charge in [-0.05, 0) is 6.07 Å². The lowest BCUT2D eigenvalue weighted by Crippen LogP contribution is -2.16. The molecule has 0 N–H and O–H groups in total. The second-order valence-electron chi connectivity index (χ2n) is 4.15. The van der Waals surface area contributed by atoms with Crippen molar-refractivity contribution in [3.63, 3.8) is 0 Å². The van der Waals surface area contributed by atoms with Gasteiger partial charge in [-0.3, -0.25) is 0 Å². The zero-order valence-electron chi connectivity index (χ0n) is 9.98. The van der Waals surface area contributed by atoms with Crippen molar-refractivity contribution in [1.29, 1.82) is 0 Å². The van der Waals surface area contributed by atoms with Crippen molar-refractivity contribution in [2.24, 2.45) is 0 Å². The summed E-state index contributed by atoms with van der Waals surface area (Å²) in [4.78, 5) is 8.10. The quantitative estimate of drug-likeness (QED) is 0.800. The largest absolute Gasteiger partial charge is 0.484 e. The zero-order valence-corrected chi connectivity index (χ0v) is 10.9. The molecule has 0 bridgehead atoms. The Bertz CT molecular complexity index is 601. The third kappa shape index (κ3) is 2.64. The first kappa shape index (κ1) is 12.3. The SMILES string of the molecule is O=POc1cc2cncnc2cc1OC1CCOC1. The van der Waals surface area contributed by atoms with E-state index in [2.05, 4.69) is 9.97 Å². The highest BCUT2D eigenvalue weighted by Gasteiger charge is 2.20. The molecule has 3 rings (SSSR count). The van der Waals surface area contributed by atoms with Crippen LogP contribution in [0.15, 0.2) is 24.7 Å². The predicted octanol–water partition coefficient (Wildman–Crippen LogP) is 2.38. The van der Waals surface area contributed by atoms with Crippen LogP contribution in [-0.2, 0) is 9.30 Å². The Morgan fingerprint density at radius 3 is 3.11 bits per heavy atom. The molecule has 0 amide bonds. The molecule has 0 radical (unpaired) electrons. The van der Waals surface area contributed by atoms with Crippen molar-refractivity contribution in [2.45, 2.75) is 12.5 Å². The van der Waals surface area contributed by atoms with Gasteiger partial charge in [-0.15, -0.1) is 0 Å². The molecule has 0 saturated carbocycles. The molecule has 19 heavy (non-hydrogen) atoms. The third-order valence-electron chi connectivity index (χ3n) is 2.89. The molecule has 1 aliphatic heterocycles. The number of fused-ring (bicyclic) bond motifs is 1. The Morgan fingerprint density at radius 1 is 1.37 bits per heavy atom. The number of nitrogens with zero attached hydrogens (tertiary/aromatic N) is 2. The average Bonchev–Trinajstić information content (AvgIpc) is 2.93. The molecule has 1 saturated heterocycles. The van der Waals surface area contributed by atoms with Crippen molar-refractivity contribution in [2.75, 3.05) is 13.2 Å². The Labute approximate surface area is 111 Å². The van der Waals surface area contributed by atoms with Gasteiger partial charge in [-0.2, -0.15) is 0 Å². The molecule has 2 heterocycles. The molecule has 1 aromatic carbocycles. The first-order chi connectivity index (χ1) is 9.36. The van der Waals surface area contributed by atoms with E-state index in [4.69, 9.17) is 14.0 Å². The van der Waals surface area contributed by atoms with Crippen molar-refractivity contribution in [3.05, 3.63) is 24.7 Å². The van der Waals surface area contributed by atoms with E-state index in [1.165, 1.54) is 6.33 Å². The molecule has 1 fully saturated rings. The predicted molar refractivity (Wildman–Crippen MR) is 67.6 cm³/mol. The molecule has 0 spiro atoms. The summed E-state index contributed by atoms with van der Waals surface area (Å²) in [7, 11) is -0.426. The fourth-order valence-electron chi connectivity index (χ4n) is 1.98. The van der Waals surface area contributed by atoms with Crippen LogP contribution in [0.2, 0.25) is 0 Å². The third-order valence-corrected chi connectivity index (χ3v) is 3.16. The summed E-state index contributed by atoms with van der Waals surface area (Å²) in [6.07, 6.45) is 3.96. The summed E-state index contributed by atoms with van der Waals surface area (Å²) in [6, 6.07) is 3.47. The van der Waals surface area contributed by atoms with Crippen LogP contribution in [0.5, 0.6) is 11.5 Å². The second kappa shape index (κ2) is 5.47. The summed E-state index contributed by atoms with van der Waals surface area (Å²) >= 11 is 0. The summed E-state index contributed by atoms with van der Waals surface area (Å²) in [5, 5.41) is 0.802. The smallest absolute Gasteiger partial charge is 0.395 e. The molecule has 7 heteroatoms. The molecular weight excluding hydrogens is 267 g/mol. The van der Waals surface area contributed by atoms with Crippen molar-refractivity contribution in [1.82, 2.24) is 9.97 Å². The highest BCUT2D eigenvalue weighted by atomic mass is 31.1. The standard InChI is InChI=1S/C12H11N2O4P/c15-19-18-12-3-8-5-13-7-14-10(8)4-11(12)17-9-1-2-16-6-9/h3-5,7,9H,1-2,6H2. The van der Waals surface area contributed by atoms with E-state index >= 15 is 0 Å². The van der Waals surface area contributed by atoms with Crippen LogP contribution in [0.25, 0.3) is 10.9 Å². The molecule has 2 aromatic rings. The van der Waals surface area contributed by atoms with E-state index in [1.54, 1.807) is 18.3 Å². The van der Waals surface area contributed by atoms with Crippen LogP contribution < -0.4 is 9.26 Å². The summed E-state index contributed by atoms with van der Waals surface area (Å²) in [5.41, 5.74) is 0.749. The Hall–Kier alpha value is -1.78. The van der Waals surface area contributed by atoms with Gasteiger partial charge in [0.15, 0.2) is 11.5 Å². The van der Waals surface area contributed by atoms with Gasteiger partial charge in [-0.1, -0.05) is 0 Å². The lowest BCUT2D eigenvalue weighted by atomic mass is 10.2. The first-order valence-electron chi connectivity index (χ1n) is 5.84. The normalized spacial score (nSPS) is 18.8. The summed E-state index contributed by atoms with van der Waals surface area (Å²) in [5.74, 6) is 0.927. The van der Waals surface area contributed by atoms with E-state index in [-0.39, 0.29) is 6.10 Å². The van der Waals surface area contributed by atoms with Crippen LogP contribution >= 0.6 is 8.69 Å². The van der Waals surface area contributed by atoms with Gasteiger partial charge in [-0.25, -0.2) is 14.5 Å². The fourth-order valence-corrected chi connectivity index (χ4v) is 2.20. The highest BCUT2D eigenvalue weighted by Crippen LogP contribution is 2.34. The first-order valence-corrected chi connectivity index (χ1v) is 6.57. The Morgan fingerprint density at radius 2 is 2.32 bits per heavy atom.